The van der Waals surface area contributed by atoms with Gasteiger partial charge in [-0.2, -0.15) is 0 Å². The van der Waals surface area contributed by atoms with Gasteiger partial charge in [0.1, 0.15) is 23.9 Å². The Bertz CT molecular complexity index is 2020. The van der Waals surface area contributed by atoms with E-state index in [4.69, 9.17) is 28.4 Å². The minimum Gasteiger partial charge on any atom is -0.508 e. The average Bonchev–Trinajstić information content (AvgIpc) is 3.27. The second-order valence-corrected chi connectivity index (χ2v) is 14.1. The van der Waals surface area contributed by atoms with Gasteiger partial charge in [0.15, 0.2) is 18.3 Å². The van der Waals surface area contributed by atoms with Crippen LogP contribution in [-0.4, -0.2) is 101 Å². The van der Waals surface area contributed by atoms with E-state index in [0.717, 1.165) is 79.4 Å². The number of nitrogens with zero attached hydrogens (tertiary/aromatic N) is 2. The third-order valence-electron chi connectivity index (χ3n) is 9.96. The average molecular weight is 773 g/mol. The van der Waals surface area contributed by atoms with Crippen LogP contribution >= 0.6 is 0 Å². The van der Waals surface area contributed by atoms with Crippen molar-refractivity contribution in [3.63, 3.8) is 0 Å². The lowest BCUT2D eigenvalue weighted by Crippen LogP contribution is -2.64. The lowest BCUT2D eigenvalue weighted by molar-refractivity contribution is -0.287. The molecule has 5 atom stereocenters. The number of aromatic hydroxyl groups is 1. The summed E-state index contributed by atoms with van der Waals surface area (Å²) < 4.78 is 36.3. The number of phenols is 1. The van der Waals surface area contributed by atoms with Gasteiger partial charge in [0, 0.05) is 44.8 Å². The maximum Gasteiger partial charge on any atom is 0.337 e. The molecule has 0 spiro atoms. The molecular formula is C42H48N2O12. The first-order chi connectivity index (χ1) is 26.9. The Labute approximate surface area is 324 Å². The van der Waals surface area contributed by atoms with Crippen molar-refractivity contribution in [3.8, 4) is 28.5 Å². The first kappa shape index (κ1) is 40.1. The fourth-order valence-corrected chi connectivity index (χ4v) is 7.45. The third-order valence-corrected chi connectivity index (χ3v) is 9.96. The van der Waals surface area contributed by atoms with E-state index in [9.17, 15) is 29.4 Å². The second kappa shape index (κ2) is 17.9. The molecule has 14 heteroatoms. The van der Waals surface area contributed by atoms with Crippen molar-refractivity contribution >= 4 is 34.8 Å². The summed E-state index contributed by atoms with van der Waals surface area (Å²) in [5, 5.41) is 20.9. The molecule has 0 amide bonds. The lowest BCUT2D eigenvalue weighted by Gasteiger charge is -2.42. The van der Waals surface area contributed by atoms with Crippen LogP contribution in [0.2, 0.25) is 0 Å². The molecule has 0 saturated carbocycles. The van der Waals surface area contributed by atoms with Crippen LogP contribution in [-0.2, 0) is 44.7 Å². The Morgan fingerprint density at radius 1 is 0.768 bits per heavy atom. The number of benzene rings is 3. The van der Waals surface area contributed by atoms with Crippen molar-refractivity contribution in [2.45, 2.75) is 90.6 Å². The zero-order chi connectivity index (χ0) is 39.9. The quantitative estimate of drug-likeness (QED) is 0.127. The highest BCUT2D eigenvalue weighted by molar-refractivity contribution is 5.92. The Kier molecular flexibility index (Phi) is 12.8. The number of esters is 3. The van der Waals surface area contributed by atoms with Crippen molar-refractivity contribution in [2.24, 2.45) is 0 Å². The van der Waals surface area contributed by atoms with Gasteiger partial charge in [-0.15, -0.1) is 0 Å². The molecule has 0 unspecified atom stereocenters. The topological polar surface area (TPSA) is 172 Å². The molecule has 4 aromatic rings. The number of phenolic OH excluding ortho intramolecular Hbond substituents is 1. The number of ether oxygens (including phenoxy) is 6. The SMILES string of the molecule is CC(=O)O[C@@H]1O[C@H](C(=O)O)[C@@H](OC(C)=O)[C@H](Oc2ccc3c(c2)c(C)c(-c2ccc(O)cc2)n3Cc2ccc(OCCN3CCCCCC3)cc2)[C@H]1OC(C)=O. The number of likely N-dealkylation sites (tertiary alicyclic amines) is 1. The molecule has 3 heterocycles. The second-order valence-electron chi connectivity index (χ2n) is 14.1. The summed E-state index contributed by atoms with van der Waals surface area (Å²) in [6.07, 6.45) is -3.04. The molecule has 0 bridgehead atoms. The first-order valence-corrected chi connectivity index (χ1v) is 18.8. The zero-order valence-corrected chi connectivity index (χ0v) is 32.0. The molecule has 0 aliphatic carbocycles. The third kappa shape index (κ3) is 9.61. The van der Waals surface area contributed by atoms with Gasteiger partial charge in [0.25, 0.3) is 0 Å². The van der Waals surface area contributed by atoms with Crippen LogP contribution in [0, 0.1) is 6.92 Å². The molecule has 6 rings (SSSR count). The minimum atomic E-state index is -1.83. The van der Waals surface area contributed by atoms with Gasteiger partial charge in [0.2, 0.25) is 12.4 Å². The van der Waals surface area contributed by atoms with E-state index in [-0.39, 0.29) is 11.5 Å². The fourth-order valence-electron chi connectivity index (χ4n) is 7.45. The maximum absolute atomic E-state index is 12.4. The Hall–Kier alpha value is -5.60. The molecule has 1 aromatic heterocycles. The van der Waals surface area contributed by atoms with Crippen molar-refractivity contribution in [2.75, 3.05) is 26.2 Å². The number of fused-ring (bicyclic) bond motifs is 1. The number of hydrogen-bond donors (Lipinski definition) is 2. The summed E-state index contributed by atoms with van der Waals surface area (Å²) >= 11 is 0. The molecule has 0 radical (unpaired) electrons. The van der Waals surface area contributed by atoms with Crippen molar-refractivity contribution < 1.29 is 57.8 Å². The van der Waals surface area contributed by atoms with Crippen molar-refractivity contribution in [1.29, 1.82) is 0 Å². The highest BCUT2D eigenvalue weighted by atomic mass is 16.7. The van der Waals surface area contributed by atoms with E-state index in [2.05, 4.69) is 9.47 Å². The maximum atomic E-state index is 12.4. The molecule has 14 nitrogen and oxygen atoms in total. The Morgan fingerprint density at radius 3 is 2.02 bits per heavy atom. The normalized spacial score (nSPS) is 21.5. The number of carboxylic acid groups (broad SMARTS) is 1. The molecule has 2 fully saturated rings. The molecule has 2 N–H and O–H groups in total. The van der Waals surface area contributed by atoms with Gasteiger partial charge in [0.05, 0.1) is 5.69 Å². The van der Waals surface area contributed by atoms with E-state index in [1.807, 2.05) is 49.4 Å². The van der Waals surface area contributed by atoms with Crippen LogP contribution in [0.3, 0.4) is 0 Å². The van der Waals surface area contributed by atoms with Crippen LogP contribution < -0.4 is 9.47 Å². The molecule has 3 aromatic carbocycles. The summed E-state index contributed by atoms with van der Waals surface area (Å²) in [7, 11) is 0. The predicted molar refractivity (Wildman–Crippen MR) is 203 cm³/mol. The summed E-state index contributed by atoms with van der Waals surface area (Å²) in [5.74, 6) is -2.82. The van der Waals surface area contributed by atoms with Crippen LogP contribution in [0.5, 0.6) is 17.2 Å². The predicted octanol–water partition coefficient (Wildman–Crippen LogP) is 5.61. The number of aromatic nitrogens is 1. The van der Waals surface area contributed by atoms with Crippen LogP contribution in [0.4, 0.5) is 0 Å². The number of aliphatic carboxylic acids is 1. The van der Waals surface area contributed by atoms with Crippen molar-refractivity contribution in [1.82, 2.24) is 9.47 Å². The van der Waals surface area contributed by atoms with E-state index in [1.54, 1.807) is 24.3 Å². The smallest absolute Gasteiger partial charge is 0.337 e. The largest absolute Gasteiger partial charge is 0.508 e. The van der Waals surface area contributed by atoms with E-state index in [1.165, 1.54) is 25.7 Å². The summed E-state index contributed by atoms with van der Waals surface area (Å²) in [4.78, 5) is 51.3. The Balaban J connectivity index is 1.33. The summed E-state index contributed by atoms with van der Waals surface area (Å²) in [6.45, 7) is 9.50. The van der Waals surface area contributed by atoms with Gasteiger partial charge in [-0.25, -0.2) is 4.79 Å². The lowest BCUT2D eigenvalue weighted by atomic mass is 9.97. The van der Waals surface area contributed by atoms with E-state index in [0.29, 0.717) is 13.2 Å². The van der Waals surface area contributed by atoms with E-state index >= 15 is 0 Å². The Morgan fingerprint density at radius 2 is 1.39 bits per heavy atom. The number of rotatable bonds is 13. The van der Waals surface area contributed by atoms with Gasteiger partial charge in [-0.3, -0.25) is 19.3 Å². The number of carboxylic acids is 1. The number of hydrogen-bond acceptors (Lipinski definition) is 12. The minimum absolute atomic E-state index is 0.129. The van der Waals surface area contributed by atoms with Crippen LogP contribution in [0.15, 0.2) is 66.7 Å². The van der Waals surface area contributed by atoms with Gasteiger partial charge < -0.3 is 43.2 Å². The molecule has 56 heavy (non-hydrogen) atoms. The van der Waals surface area contributed by atoms with Crippen LogP contribution in [0.1, 0.15) is 57.6 Å². The fraction of sp³-hybridized carbons (Fsp3) is 0.429. The molecule has 2 aliphatic rings. The summed E-state index contributed by atoms with van der Waals surface area (Å²) in [5.41, 5.74) is 4.49. The molecule has 298 valence electrons. The zero-order valence-electron chi connectivity index (χ0n) is 32.0. The van der Waals surface area contributed by atoms with Gasteiger partial charge in [-0.1, -0.05) is 25.0 Å². The summed E-state index contributed by atoms with van der Waals surface area (Å²) in [6, 6.07) is 20.2. The van der Waals surface area contributed by atoms with Gasteiger partial charge in [-0.05, 0) is 104 Å². The van der Waals surface area contributed by atoms with E-state index < -0.39 is 54.6 Å². The number of aryl methyl sites for hydroxylation is 1. The van der Waals surface area contributed by atoms with Crippen LogP contribution in [0.25, 0.3) is 22.2 Å². The molecule has 2 saturated heterocycles. The van der Waals surface area contributed by atoms with Crippen molar-refractivity contribution in [3.05, 3.63) is 77.9 Å². The monoisotopic (exact) mass is 772 g/mol. The number of carbonyl (C=O) groups excluding carboxylic acids is 3. The molecular weight excluding hydrogens is 724 g/mol. The highest BCUT2D eigenvalue weighted by Gasteiger charge is 2.55. The van der Waals surface area contributed by atoms with Gasteiger partial charge >= 0.3 is 23.9 Å². The highest BCUT2D eigenvalue weighted by Crippen LogP contribution is 2.38. The first-order valence-electron chi connectivity index (χ1n) is 18.8. The number of carbonyl (C=O) groups is 4. The molecule has 2 aliphatic heterocycles. The standard InChI is InChI=1S/C42H48N2O12/c1-25-34-23-33(55-38-37(52-26(2)45)39(41(49)50)56-42(54-28(4)47)40(38)53-27(3)46)17-18-35(34)44(36(25)30-11-13-31(48)14-12-30)24-29-9-15-32(16-10-29)51-22-21-43-19-7-5-6-8-20-43/h9-18,23,37-40,42,48H,5-8,19-22,24H2,1-4H3,(H,49,50)/t37-,38-,39-,40+,42+/m0/s1.